The molecule has 0 saturated heterocycles. The van der Waals surface area contributed by atoms with Crippen molar-refractivity contribution in [3.05, 3.63) is 46.6 Å². The van der Waals surface area contributed by atoms with Crippen molar-refractivity contribution in [2.24, 2.45) is 5.73 Å². The molecule has 3 N–H and O–H groups in total. The molecule has 0 spiro atoms. The standard InChI is InChI=1S/C15H19BrN4O.ClH/c1-11(17)2-7-15(21)19-14-8-9-18-20(14)10-12-3-5-13(16)6-4-12;/h3-6,8-9,11H,2,7,10,17H2,1H3,(H,19,21);1H. The third-order valence-electron chi connectivity index (χ3n) is 3.06. The van der Waals surface area contributed by atoms with Gasteiger partial charge in [-0.15, -0.1) is 12.4 Å². The van der Waals surface area contributed by atoms with E-state index in [2.05, 4.69) is 26.3 Å². The van der Waals surface area contributed by atoms with Crippen molar-refractivity contribution >= 4 is 40.1 Å². The molecule has 0 aliphatic rings. The Balaban J connectivity index is 0.00000242. The molecule has 0 fully saturated rings. The van der Waals surface area contributed by atoms with Crippen LogP contribution in [0.5, 0.6) is 0 Å². The normalized spacial score (nSPS) is 11.6. The number of benzene rings is 1. The van der Waals surface area contributed by atoms with Crippen molar-refractivity contribution in [2.75, 3.05) is 5.32 Å². The smallest absolute Gasteiger partial charge is 0.225 e. The highest BCUT2D eigenvalue weighted by Crippen LogP contribution is 2.14. The minimum atomic E-state index is -0.0372. The van der Waals surface area contributed by atoms with Crippen molar-refractivity contribution in [1.29, 1.82) is 0 Å². The fourth-order valence-electron chi connectivity index (χ4n) is 1.89. The van der Waals surface area contributed by atoms with E-state index in [4.69, 9.17) is 5.73 Å². The van der Waals surface area contributed by atoms with Gasteiger partial charge in [0.1, 0.15) is 5.82 Å². The van der Waals surface area contributed by atoms with Gasteiger partial charge in [-0.1, -0.05) is 28.1 Å². The van der Waals surface area contributed by atoms with Crippen LogP contribution in [0.25, 0.3) is 0 Å². The number of nitrogens with two attached hydrogens (primary N) is 1. The van der Waals surface area contributed by atoms with Crippen LogP contribution in [0, 0.1) is 0 Å². The number of rotatable bonds is 6. The van der Waals surface area contributed by atoms with Gasteiger partial charge in [-0.3, -0.25) is 4.79 Å². The third-order valence-corrected chi connectivity index (χ3v) is 3.59. The van der Waals surface area contributed by atoms with E-state index >= 15 is 0 Å². The van der Waals surface area contributed by atoms with E-state index in [0.29, 0.717) is 25.2 Å². The molecule has 7 heteroatoms. The molecule has 1 atom stereocenters. The van der Waals surface area contributed by atoms with Crippen LogP contribution in [-0.4, -0.2) is 21.7 Å². The summed E-state index contributed by atoms with van der Waals surface area (Å²) in [5.74, 6) is 0.664. The van der Waals surface area contributed by atoms with E-state index in [0.717, 1.165) is 10.0 Å². The summed E-state index contributed by atoms with van der Waals surface area (Å²) in [6, 6.07) is 9.84. The number of hydrogen-bond acceptors (Lipinski definition) is 3. The Morgan fingerprint density at radius 1 is 1.36 bits per heavy atom. The van der Waals surface area contributed by atoms with Crippen LogP contribution >= 0.6 is 28.3 Å². The second-order valence-electron chi connectivity index (χ2n) is 5.06. The SMILES string of the molecule is CC(N)CCC(=O)Nc1ccnn1Cc1ccc(Br)cc1.Cl. The Kier molecular flexibility index (Phi) is 7.58. The van der Waals surface area contributed by atoms with Gasteiger partial charge >= 0.3 is 0 Å². The van der Waals surface area contributed by atoms with Crippen molar-refractivity contribution < 1.29 is 4.79 Å². The van der Waals surface area contributed by atoms with Gasteiger partial charge in [0.25, 0.3) is 0 Å². The van der Waals surface area contributed by atoms with Gasteiger partial charge in [0.05, 0.1) is 12.7 Å². The predicted octanol–water partition coefficient (Wildman–Crippen LogP) is 3.18. The summed E-state index contributed by atoms with van der Waals surface area (Å²) < 4.78 is 2.81. The summed E-state index contributed by atoms with van der Waals surface area (Å²) in [6.07, 6.45) is 2.77. The van der Waals surface area contributed by atoms with Crippen LogP contribution in [0.15, 0.2) is 41.0 Å². The van der Waals surface area contributed by atoms with Gasteiger partial charge in [0, 0.05) is 23.0 Å². The lowest BCUT2D eigenvalue weighted by Crippen LogP contribution is -2.20. The highest BCUT2D eigenvalue weighted by Gasteiger charge is 2.08. The van der Waals surface area contributed by atoms with Gasteiger partial charge in [-0.05, 0) is 31.0 Å². The first-order chi connectivity index (χ1) is 10.0. The van der Waals surface area contributed by atoms with Gasteiger partial charge < -0.3 is 11.1 Å². The minimum absolute atomic E-state index is 0. The largest absolute Gasteiger partial charge is 0.328 e. The maximum atomic E-state index is 11.9. The summed E-state index contributed by atoms with van der Waals surface area (Å²) in [5.41, 5.74) is 6.78. The number of amides is 1. The second kappa shape index (κ2) is 8.92. The van der Waals surface area contributed by atoms with Crippen LogP contribution in [0.4, 0.5) is 5.82 Å². The molecule has 1 heterocycles. The number of hydrogen-bond donors (Lipinski definition) is 2. The van der Waals surface area contributed by atoms with Crippen LogP contribution in [0.2, 0.25) is 0 Å². The molecule has 1 amide bonds. The molecule has 0 bridgehead atoms. The summed E-state index contributed by atoms with van der Waals surface area (Å²) >= 11 is 3.41. The maximum Gasteiger partial charge on any atom is 0.225 e. The first kappa shape index (κ1) is 18.7. The summed E-state index contributed by atoms with van der Waals surface area (Å²) in [4.78, 5) is 11.9. The molecule has 120 valence electrons. The molecule has 1 unspecified atom stereocenters. The van der Waals surface area contributed by atoms with E-state index in [9.17, 15) is 4.79 Å². The number of carbonyl (C=O) groups is 1. The van der Waals surface area contributed by atoms with E-state index < -0.39 is 0 Å². The number of nitrogens with zero attached hydrogens (tertiary/aromatic N) is 2. The molecule has 2 aromatic rings. The monoisotopic (exact) mass is 386 g/mol. The molecule has 2 rings (SSSR count). The lowest BCUT2D eigenvalue weighted by atomic mass is 10.2. The summed E-state index contributed by atoms with van der Waals surface area (Å²) in [7, 11) is 0. The van der Waals surface area contributed by atoms with Crippen molar-refractivity contribution in [1.82, 2.24) is 9.78 Å². The molecular formula is C15H20BrClN4O. The van der Waals surface area contributed by atoms with Crippen molar-refractivity contribution in [3.8, 4) is 0 Å². The Morgan fingerprint density at radius 2 is 2.05 bits per heavy atom. The van der Waals surface area contributed by atoms with E-state index in [-0.39, 0.29) is 24.4 Å². The van der Waals surface area contributed by atoms with E-state index in [1.54, 1.807) is 16.9 Å². The first-order valence-corrected chi connectivity index (χ1v) is 7.65. The molecule has 0 aliphatic heterocycles. The summed E-state index contributed by atoms with van der Waals surface area (Å²) in [5, 5.41) is 7.12. The number of halogens is 2. The molecule has 1 aromatic carbocycles. The van der Waals surface area contributed by atoms with Crippen LogP contribution in [0.1, 0.15) is 25.3 Å². The molecule has 22 heavy (non-hydrogen) atoms. The fourth-order valence-corrected chi connectivity index (χ4v) is 2.16. The minimum Gasteiger partial charge on any atom is -0.328 e. The molecular weight excluding hydrogens is 368 g/mol. The zero-order chi connectivity index (χ0) is 15.2. The lowest BCUT2D eigenvalue weighted by Gasteiger charge is -2.10. The topological polar surface area (TPSA) is 72.9 Å². The van der Waals surface area contributed by atoms with E-state index in [1.165, 1.54) is 0 Å². The predicted molar refractivity (Wildman–Crippen MR) is 94.2 cm³/mol. The lowest BCUT2D eigenvalue weighted by molar-refractivity contribution is -0.116. The molecule has 0 radical (unpaired) electrons. The second-order valence-corrected chi connectivity index (χ2v) is 5.98. The highest BCUT2D eigenvalue weighted by atomic mass is 79.9. The molecule has 5 nitrogen and oxygen atoms in total. The number of carbonyl (C=O) groups excluding carboxylic acids is 1. The quantitative estimate of drug-likeness (QED) is 0.799. The number of aromatic nitrogens is 2. The molecule has 0 aliphatic carbocycles. The van der Waals surface area contributed by atoms with Crippen molar-refractivity contribution in [3.63, 3.8) is 0 Å². The molecule has 0 saturated carbocycles. The zero-order valence-corrected chi connectivity index (χ0v) is 14.7. The van der Waals surface area contributed by atoms with Crippen LogP contribution in [-0.2, 0) is 11.3 Å². The zero-order valence-electron chi connectivity index (χ0n) is 12.3. The van der Waals surface area contributed by atoms with Crippen LogP contribution in [0.3, 0.4) is 0 Å². The van der Waals surface area contributed by atoms with Gasteiger partial charge in [0.15, 0.2) is 0 Å². The van der Waals surface area contributed by atoms with Crippen molar-refractivity contribution in [2.45, 2.75) is 32.4 Å². The third kappa shape index (κ3) is 5.79. The number of anilines is 1. The Bertz CT molecular complexity index is 598. The van der Waals surface area contributed by atoms with Gasteiger partial charge in [-0.2, -0.15) is 5.10 Å². The Hall–Kier alpha value is -1.37. The maximum absolute atomic E-state index is 11.9. The van der Waals surface area contributed by atoms with Crippen LogP contribution < -0.4 is 11.1 Å². The highest BCUT2D eigenvalue weighted by molar-refractivity contribution is 9.10. The number of nitrogens with one attached hydrogen (secondary N) is 1. The first-order valence-electron chi connectivity index (χ1n) is 6.86. The van der Waals surface area contributed by atoms with Gasteiger partial charge in [-0.25, -0.2) is 4.68 Å². The fraction of sp³-hybridized carbons (Fsp3) is 0.333. The van der Waals surface area contributed by atoms with E-state index in [1.807, 2.05) is 31.2 Å². The Labute approximate surface area is 144 Å². The Morgan fingerprint density at radius 3 is 2.68 bits per heavy atom. The van der Waals surface area contributed by atoms with Gasteiger partial charge in [0.2, 0.25) is 5.91 Å². The summed E-state index contributed by atoms with van der Waals surface area (Å²) in [6.45, 7) is 2.51. The average Bonchev–Trinajstić information content (AvgIpc) is 2.86. The average molecular weight is 388 g/mol. The molecule has 1 aromatic heterocycles.